The van der Waals surface area contributed by atoms with Crippen molar-refractivity contribution in [3.63, 3.8) is 0 Å². The second kappa shape index (κ2) is 8.46. The van der Waals surface area contributed by atoms with Gasteiger partial charge in [0, 0.05) is 41.8 Å². The minimum Gasteiger partial charge on any atom is -0.312 e. The fourth-order valence-corrected chi connectivity index (χ4v) is 4.68. The molecule has 0 radical (unpaired) electrons. The maximum atomic E-state index is 12.6. The van der Waals surface area contributed by atoms with Gasteiger partial charge in [-0.3, -0.25) is 25.0 Å². The molecule has 1 saturated heterocycles. The highest BCUT2D eigenvalue weighted by Crippen LogP contribution is 2.35. The molecule has 164 valence electrons. The van der Waals surface area contributed by atoms with Crippen LogP contribution in [-0.2, 0) is 4.79 Å². The molecule has 3 aromatic rings. The number of anilines is 2. The van der Waals surface area contributed by atoms with Gasteiger partial charge in [0.05, 0.1) is 4.92 Å². The van der Waals surface area contributed by atoms with E-state index in [9.17, 15) is 19.7 Å². The molecule has 2 aromatic carbocycles. The van der Waals surface area contributed by atoms with Gasteiger partial charge in [-0.25, -0.2) is 0 Å². The lowest BCUT2D eigenvalue weighted by molar-refractivity contribution is -0.385. The van der Waals surface area contributed by atoms with Crippen molar-refractivity contribution >= 4 is 39.7 Å². The van der Waals surface area contributed by atoms with Crippen LogP contribution < -0.4 is 10.2 Å². The number of benzene rings is 2. The highest BCUT2D eigenvalue weighted by atomic mass is 32.1. The number of hydrogen-bond donors (Lipinski definition) is 1. The summed E-state index contributed by atoms with van der Waals surface area (Å²) in [5.74, 6) is -0.500. The van der Waals surface area contributed by atoms with Crippen molar-refractivity contribution in [1.29, 1.82) is 0 Å². The molecule has 4 rings (SSSR count). The Bertz CT molecular complexity index is 1220. The molecule has 1 fully saturated rings. The second-order valence-corrected chi connectivity index (χ2v) is 8.92. The van der Waals surface area contributed by atoms with Gasteiger partial charge in [0.25, 0.3) is 11.6 Å². The predicted octanol–water partition coefficient (Wildman–Crippen LogP) is 4.14. The van der Waals surface area contributed by atoms with E-state index in [1.54, 1.807) is 11.8 Å². The van der Waals surface area contributed by atoms with E-state index in [0.717, 1.165) is 16.8 Å². The van der Waals surface area contributed by atoms with Crippen molar-refractivity contribution in [2.24, 2.45) is 0 Å². The average molecular weight is 452 g/mol. The second-order valence-electron chi connectivity index (χ2n) is 7.91. The van der Waals surface area contributed by atoms with Crippen LogP contribution in [0.1, 0.15) is 44.4 Å². The van der Waals surface area contributed by atoms with Crippen LogP contribution in [0.4, 0.5) is 16.5 Å². The van der Waals surface area contributed by atoms with Gasteiger partial charge in [0.1, 0.15) is 5.01 Å². The third-order valence-corrected chi connectivity index (χ3v) is 6.31. The first-order chi connectivity index (χ1) is 15.2. The van der Waals surface area contributed by atoms with Gasteiger partial charge in [-0.1, -0.05) is 17.4 Å². The number of nitro groups is 1. The number of nitrogens with one attached hydrogen (secondary N) is 1. The minimum atomic E-state index is -0.488. The summed E-state index contributed by atoms with van der Waals surface area (Å²) in [6.45, 7) is 6.09. The third-order valence-electron chi connectivity index (χ3n) is 5.31. The number of nitrogens with zero attached hydrogens (tertiary/aromatic N) is 4. The number of carbonyl (C=O) groups excluding carboxylic acids is 2. The first-order valence-electron chi connectivity index (χ1n) is 9.99. The van der Waals surface area contributed by atoms with E-state index in [4.69, 9.17) is 0 Å². The lowest BCUT2D eigenvalue weighted by Crippen LogP contribution is -2.24. The fourth-order valence-electron chi connectivity index (χ4n) is 3.85. The number of rotatable bonds is 5. The monoisotopic (exact) mass is 451 g/mol. The van der Waals surface area contributed by atoms with Gasteiger partial charge in [0.2, 0.25) is 11.0 Å². The van der Waals surface area contributed by atoms with Gasteiger partial charge in [-0.15, -0.1) is 10.2 Å². The van der Waals surface area contributed by atoms with E-state index in [1.165, 1.54) is 29.5 Å². The van der Waals surface area contributed by atoms with Crippen molar-refractivity contribution in [3.05, 3.63) is 73.8 Å². The van der Waals surface area contributed by atoms with Gasteiger partial charge in [-0.05, 0) is 56.2 Å². The Morgan fingerprint density at radius 2 is 1.88 bits per heavy atom. The van der Waals surface area contributed by atoms with E-state index in [1.807, 2.05) is 26.0 Å². The molecule has 10 heteroatoms. The molecule has 1 unspecified atom stereocenters. The first-order valence-corrected chi connectivity index (χ1v) is 10.8. The van der Waals surface area contributed by atoms with Crippen molar-refractivity contribution in [3.8, 4) is 0 Å². The van der Waals surface area contributed by atoms with Gasteiger partial charge in [-0.2, -0.15) is 0 Å². The summed E-state index contributed by atoms with van der Waals surface area (Å²) in [5.41, 5.74) is 3.72. The van der Waals surface area contributed by atoms with Gasteiger partial charge >= 0.3 is 0 Å². The molecule has 1 atom stereocenters. The van der Waals surface area contributed by atoms with Crippen molar-refractivity contribution < 1.29 is 14.5 Å². The highest BCUT2D eigenvalue weighted by molar-refractivity contribution is 7.15. The maximum absolute atomic E-state index is 12.6. The number of carbonyl (C=O) groups is 2. The standard InChI is InChI=1S/C22H21N5O4S/c1-12-6-13(2)8-17(7-12)26-11-16(10-19(26)28)21-24-25-22(32-21)23-20(29)15-4-5-18(27(30)31)14(3)9-15/h4-9,16H,10-11H2,1-3H3,(H,23,25,29). The topological polar surface area (TPSA) is 118 Å². The average Bonchev–Trinajstić information content (AvgIpc) is 3.33. The third kappa shape index (κ3) is 4.35. The summed E-state index contributed by atoms with van der Waals surface area (Å²) < 4.78 is 0. The molecule has 0 spiro atoms. The Kier molecular flexibility index (Phi) is 5.70. The zero-order valence-corrected chi connectivity index (χ0v) is 18.6. The Labute approximate surface area is 188 Å². The molecule has 2 amide bonds. The number of nitro benzene ring substituents is 1. The smallest absolute Gasteiger partial charge is 0.272 e. The molecule has 0 saturated carbocycles. The van der Waals surface area contributed by atoms with E-state index in [0.29, 0.717) is 34.2 Å². The van der Waals surface area contributed by atoms with Crippen LogP contribution in [-0.4, -0.2) is 33.5 Å². The van der Waals surface area contributed by atoms with Crippen molar-refractivity contribution in [1.82, 2.24) is 10.2 Å². The van der Waals surface area contributed by atoms with E-state index in [2.05, 4.69) is 21.6 Å². The predicted molar refractivity (Wildman–Crippen MR) is 121 cm³/mol. The normalized spacial score (nSPS) is 15.8. The molecule has 1 aliphatic rings. The molecule has 1 N–H and O–H groups in total. The minimum absolute atomic E-state index is 0.0298. The van der Waals surface area contributed by atoms with Crippen LogP contribution >= 0.6 is 11.3 Å². The lowest BCUT2D eigenvalue weighted by Gasteiger charge is -2.17. The van der Waals surface area contributed by atoms with E-state index in [-0.39, 0.29) is 17.5 Å². The van der Waals surface area contributed by atoms with Crippen LogP contribution in [0.15, 0.2) is 36.4 Å². The Hall–Kier alpha value is -3.66. The highest BCUT2D eigenvalue weighted by Gasteiger charge is 2.34. The lowest BCUT2D eigenvalue weighted by atomic mass is 10.1. The van der Waals surface area contributed by atoms with Crippen molar-refractivity contribution in [2.45, 2.75) is 33.1 Å². The van der Waals surface area contributed by atoms with Crippen LogP contribution in [0.3, 0.4) is 0 Å². The maximum Gasteiger partial charge on any atom is 0.272 e. The molecular formula is C22H21N5O4S. The summed E-state index contributed by atoms with van der Waals surface area (Å²) in [4.78, 5) is 37.4. The van der Waals surface area contributed by atoms with E-state index < -0.39 is 10.8 Å². The molecule has 2 heterocycles. The number of aromatic nitrogens is 2. The fraction of sp³-hybridized carbons (Fsp3) is 0.273. The SMILES string of the molecule is Cc1cc(C)cc(N2CC(c3nnc(NC(=O)c4ccc([N+](=O)[O-])c(C)c4)s3)CC2=O)c1. The Balaban J connectivity index is 1.46. The number of aryl methyl sites for hydroxylation is 3. The summed E-state index contributed by atoms with van der Waals surface area (Å²) in [5, 5.41) is 22.9. The van der Waals surface area contributed by atoms with Crippen LogP contribution in [0.5, 0.6) is 0 Å². The Morgan fingerprint density at radius 1 is 1.16 bits per heavy atom. The molecule has 0 bridgehead atoms. The van der Waals surface area contributed by atoms with Gasteiger partial charge < -0.3 is 4.90 Å². The summed E-state index contributed by atoms with van der Waals surface area (Å²) in [7, 11) is 0. The number of hydrogen-bond acceptors (Lipinski definition) is 7. The zero-order chi connectivity index (χ0) is 23.0. The van der Waals surface area contributed by atoms with Crippen LogP contribution in [0, 0.1) is 30.9 Å². The molecule has 32 heavy (non-hydrogen) atoms. The van der Waals surface area contributed by atoms with E-state index >= 15 is 0 Å². The van der Waals surface area contributed by atoms with Crippen LogP contribution in [0.25, 0.3) is 0 Å². The first kappa shape index (κ1) is 21.6. The summed E-state index contributed by atoms with van der Waals surface area (Å²) in [6, 6.07) is 10.2. The van der Waals surface area contributed by atoms with Crippen LogP contribution in [0.2, 0.25) is 0 Å². The summed E-state index contributed by atoms with van der Waals surface area (Å²) in [6.07, 6.45) is 0.330. The van der Waals surface area contributed by atoms with Gasteiger partial charge in [0.15, 0.2) is 0 Å². The number of amides is 2. The quantitative estimate of drug-likeness (QED) is 0.460. The zero-order valence-electron chi connectivity index (χ0n) is 17.8. The summed E-state index contributed by atoms with van der Waals surface area (Å²) >= 11 is 1.23. The molecule has 0 aliphatic carbocycles. The molecule has 9 nitrogen and oxygen atoms in total. The molecular weight excluding hydrogens is 430 g/mol. The molecule has 1 aliphatic heterocycles. The Morgan fingerprint density at radius 3 is 2.53 bits per heavy atom. The molecule has 1 aromatic heterocycles. The largest absolute Gasteiger partial charge is 0.312 e. The van der Waals surface area contributed by atoms with Crippen molar-refractivity contribution in [2.75, 3.05) is 16.8 Å².